The van der Waals surface area contributed by atoms with Crippen LogP contribution in [0, 0.1) is 5.92 Å². The highest BCUT2D eigenvalue weighted by Gasteiger charge is 2.15. The first-order valence-corrected chi connectivity index (χ1v) is 6.58. The fourth-order valence-electron chi connectivity index (χ4n) is 1.46. The van der Waals surface area contributed by atoms with Gasteiger partial charge in [0.2, 0.25) is 0 Å². The smallest absolute Gasteiger partial charge is 0.0503 e. The van der Waals surface area contributed by atoms with Crippen LogP contribution in [0.2, 0.25) is 0 Å². The number of thioether (sulfide) groups is 1. The molecule has 2 rings (SSSR count). The van der Waals surface area contributed by atoms with Crippen molar-refractivity contribution in [3.63, 3.8) is 0 Å². The highest BCUT2D eigenvalue weighted by Crippen LogP contribution is 2.25. The summed E-state index contributed by atoms with van der Waals surface area (Å²) in [5.74, 6) is 1.94. The van der Waals surface area contributed by atoms with Gasteiger partial charge in [0.05, 0.1) is 6.61 Å². The Balaban J connectivity index is 1.82. The molecule has 14 heavy (non-hydrogen) atoms. The zero-order valence-corrected chi connectivity index (χ0v) is 10.3. The maximum absolute atomic E-state index is 5.34. The Morgan fingerprint density at radius 1 is 1.36 bits per heavy atom. The predicted molar refractivity (Wildman–Crippen MR) is 63.8 cm³/mol. The number of benzene rings is 1. The van der Waals surface area contributed by atoms with Crippen LogP contribution in [0.15, 0.2) is 33.6 Å². The molecule has 3 heteroatoms. The molecule has 1 saturated heterocycles. The number of hydrogen-bond acceptors (Lipinski definition) is 2. The lowest BCUT2D eigenvalue weighted by atomic mass is 10.2. The Labute approximate surface area is 97.4 Å². The van der Waals surface area contributed by atoms with Gasteiger partial charge < -0.3 is 4.74 Å². The average molecular weight is 273 g/mol. The van der Waals surface area contributed by atoms with Crippen molar-refractivity contribution in [3.05, 3.63) is 28.7 Å². The van der Waals surface area contributed by atoms with Crippen molar-refractivity contribution in [2.45, 2.75) is 11.3 Å². The van der Waals surface area contributed by atoms with Crippen LogP contribution in [0.4, 0.5) is 0 Å². The van der Waals surface area contributed by atoms with Crippen LogP contribution in [-0.4, -0.2) is 19.0 Å². The third kappa shape index (κ3) is 3.01. The third-order valence-corrected chi connectivity index (χ3v) is 4.10. The minimum absolute atomic E-state index is 0.753. The fourth-order valence-corrected chi connectivity index (χ4v) is 2.74. The zero-order chi connectivity index (χ0) is 9.80. The van der Waals surface area contributed by atoms with Crippen molar-refractivity contribution in [2.75, 3.05) is 19.0 Å². The van der Waals surface area contributed by atoms with Crippen LogP contribution in [0.3, 0.4) is 0 Å². The summed E-state index contributed by atoms with van der Waals surface area (Å²) in [6.45, 7) is 1.90. The second kappa shape index (κ2) is 5.19. The molecule has 0 radical (unpaired) electrons. The van der Waals surface area contributed by atoms with E-state index in [0.717, 1.165) is 23.6 Å². The summed E-state index contributed by atoms with van der Waals surface area (Å²) < 4.78 is 6.49. The molecule has 1 aliphatic rings. The number of hydrogen-bond donors (Lipinski definition) is 0. The van der Waals surface area contributed by atoms with E-state index in [1.54, 1.807) is 0 Å². The van der Waals surface area contributed by atoms with Gasteiger partial charge in [-0.2, -0.15) is 0 Å². The lowest BCUT2D eigenvalue weighted by molar-refractivity contribution is 0.189. The fraction of sp³-hybridized carbons (Fsp3) is 0.455. The highest BCUT2D eigenvalue weighted by molar-refractivity contribution is 9.10. The first kappa shape index (κ1) is 10.5. The number of halogens is 1. The van der Waals surface area contributed by atoms with Crippen molar-refractivity contribution in [1.82, 2.24) is 0 Å². The largest absolute Gasteiger partial charge is 0.381 e. The first-order chi connectivity index (χ1) is 6.84. The van der Waals surface area contributed by atoms with Crippen molar-refractivity contribution in [2.24, 2.45) is 5.92 Å². The summed E-state index contributed by atoms with van der Waals surface area (Å²) in [7, 11) is 0. The summed E-state index contributed by atoms with van der Waals surface area (Å²) in [4.78, 5) is 1.35. The summed E-state index contributed by atoms with van der Waals surface area (Å²) in [6.07, 6.45) is 1.23. The van der Waals surface area contributed by atoms with Crippen LogP contribution < -0.4 is 0 Å². The van der Waals surface area contributed by atoms with E-state index in [4.69, 9.17) is 4.74 Å². The van der Waals surface area contributed by atoms with Gasteiger partial charge in [-0.05, 0) is 36.6 Å². The molecule has 0 aliphatic carbocycles. The normalized spacial score (nSPS) is 21.4. The Kier molecular flexibility index (Phi) is 3.90. The van der Waals surface area contributed by atoms with Crippen molar-refractivity contribution < 1.29 is 4.74 Å². The van der Waals surface area contributed by atoms with E-state index in [9.17, 15) is 0 Å². The molecule has 1 fully saturated rings. The molecule has 0 bridgehead atoms. The van der Waals surface area contributed by atoms with Crippen molar-refractivity contribution >= 4 is 27.7 Å². The summed E-state index contributed by atoms with van der Waals surface area (Å²) in [5.41, 5.74) is 0. The van der Waals surface area contributed by atoms with Gasteiger partial charge in [-0.15, -0.1) is 11.8 Å². The summed E-state index contributed by atoms with van der Waals surface area (Å²) in [6, 6.07) is 8.50. The summed E-state index contributed by atoms with van der Waals surface area (Å²) >= 11 is 5.36. The van der Waals surface area contributed by atoms with Gasteiger partial charge in [-0.25, -0.2) is 0 Å². The van der Waals surface area contributed by atoms with Crippen LogP contribution >= 0.6 is 27.7 Å². The third-order valence-electron chi connectivity index (χ3n) is 2.32. The molecule has 1 aliphatic heterocycles. The number of ether oxygens (including phenoxy) is 1. The minimum Gasteiger partial charge on any atom is -0.381 e. The molecule has 0 N–H and O–H groups in total. The molecule has 1 atom stereocenters. The second-order valence-electron chi connectivity index (χ2n) is 3.49. The molecule has 1 heterocycles. The molecular formula is C11H13BrOS. The molecule has 1 nitrogen and oxygen atoms in total. The molecule has 1 aromatic carbocycles. The Morgan fingerprint density at radius 2 is 2.14 bits per heavy atom. The van der Waals surface area contributed by atoms with Gasteiger partial charge in [0.15, 0.2) is 0 Å². The van der Waals surface area contributed by atoms with Crippen molar-refractivity contribution in [3.8, 4) is 0 Å². The van der Waals surface area contributed by atoms with Crippen LogP contribution in [-0.2, 0) is 4.74 Å². The molecule has 0 amide bonds. The lowest BCUT2D eigenvalue weighted by Gasteiger charge is -2.06. The van der Waals surface area contributed by atoms with E-state index in [1.807, 2.05) is 11.8 Å². The van der Waals surface area contributed by atoms with E-state index in [0.29, 0.717) is 0 Å². The highest BCUT2D eigenvalue weighted by atomic mass is 79.9. The second-order valence-corrected chi connectivity index (χ2v) is 5.50. The minimum atomic E-state index is 0.753. The SMILES string of the molecule is Brc1ccc(SCC2CCOC2)cc1. The van der Waals surface area contributed by atoms with E-state index < -0.39 is 0 Å². The first-order valence-electron chi connectivity index (χ1n) is 4.81. The molecule has 0 spiro atoms. The van der Waals surface area contributed by atoms with E-state index in [-0.39, 0.29) is 0 Å². The topological polar surface area (TPSA) is 9.23 Å². The van der Waals surface area contributed by atoms with Crippen molar-refractivity contribution in [1.29, 1.82) is 0 Å². The van der Waals surface area contributed by atoms with Gasteiger partial charge in [0.1, 0.15) is 0 Å². The molecule has 0 saturated carbocycles. The molecule has 1 unspecified atom stereocenters. The zero-order valence-electron chi connectivity index (χ0n) is 7.91. The van der Waals surface area contributed by atoms with E-state index in [2.05, 4.69) is 40.2 Å². The maximum Gasteiger partial charge on any atom is 0.0503 e. The number of rotatable bonds is 3. The quantitative estimate of drug-likeness (QED) is 0.778. The van der Waals surface area contributed by atoms with Gasteiger partial charge in [-0.3, -0.25) is 0 Å². The standard InChI is InChI=1S/C11H13BrOS/c12-10-1-3-11(4-2-10)14-8-9-5-6-13-7-9/h1-4,9H,5-8H2. The molecule has 1 aromatic rings. The monoisotopic (exact) mass is 272 g/mol. The van der Waals surface area contributed by atoms with Gasteiger partial charge in [-0.1, -0.05) is 15.9 Å². The molecule has 0 aromatic heterocycles. The average Bonchev–Trinajstić information content (AvgIpc) is 2.70. The van der Waals surface area contributed by atoms with E-state index >= 15 is 0 Å². The van der Waals surface area contributed by atoms with Gasteiger partial charge in [0.25, 0.3) is 0 Å². The van der Waals surface area contributed by atoms with Gasteiger partial charge >= 0.3 is 0 Å². The molecule has 76 valence electrons. The van der Waals surface area contributed by atoms with Crippen LogP contribution in [0.5, 0.6) is 0 Å². The Hall–Kier alpha value is 0.01000. The Bertz CT molecular complexity index is 280. The van der Waals surface area contributed by atoms with Crippen LogP contribution in [0.1, 0.15) is 6.42 Å². The van der Waals surface area contributed by atoms with E-state index in [1.165, 1.54) is 17.1 Å². The lowest BCUT2D eigenvalue weighted by Crippen LogP contribution is -2.01. The maximum atomic E-state index is 5.34. The summed E-state index contributed by atoms with van der Waals surface area (Å²) in [5, 5.41) is 0. The van der Waals surface area contributed by atoms with Gasteiger partial charge in [0, 0.05) is 21.7 Å². The molecular weight excluding hydrogens is 260 g/mol. The Morgan fingerprint density at radius 3 is 2.79 bits per heavy atom. The predicted octanol–water partition coefficient (Wildman–Crippen LogP) is 3.58. The van der Waals surface area contributed by atoms with Crippen LogP contribution in [0.25, 0.3) is 0 Å².